The molecule has 0 atom stereocenters. The summed E-state index contributed by atoms with van der Waals surface area (Å²) in [5.41, 5.74) is 5.46. The van der Waals surface area contributed by atoms with Crippen LogP contribution in [0.5, 0.6) is 11.5 Å². The fourth-order valence-electron chi connectivity index (χ4n) is 3.49. The fraction of sp³-hybridized carbons (Fsp3) is 0.259. The Kier molecular flexibility index (Phi) is 8.11. The molecule has 4 heteroatoms. The number of allylic oxidation sites excluding steroid dienone is 1. The average Bonchev–Trinajstić information content (AvgIpc) is 2.79. The Morgan fingerprint density at radius 3 is 2.42 bits per heavy atom. The van der Waals surface area contributed by atoms with Gasteiger partial charge in [0.25, 0.3) is 0 Å². The highest BCUT2D eigenvalue weighted by molar-refractivity contribution is 5.54. The van der Waals surface area contributed by atoms with E-state index in [9.17, 15) is 4.39 Å². The lowest BCUT2D eigenvalue weighted by Crippen LogP contribution is -2.06. The minimum absolute atomic E-state index is 0.257. The van der Waals surface area contributed by atoms with Crippen molar-refractivity contribution in [2.75, 3.05) is 11.9 Å². The van der Waals surface area contributed by atoms with Crippen molar-refractivity contribution < 1.29 is 13.9 Å². The number of hydrogen-bond acceptors (Lipinski definition) is 3. The summed E-state index contributed by atoms with van der Waals surface area (Å²) in [6.07, 6.45) is 3.50. The van der Waals surface area contributed by atoms with Crippen LogP contribution in [-0.2, 0) is 26.0 Å². The van der Waals surface area contributed by atoms with Crippen LogP contribution in [-0.4, -0.2) is 6.61 Å². The highest BCUT2D eigenvalue weighted by Crippen LogP contribution is 2.35. The summed E-state index contributed by atoms with van der Waals surface area (Å²) in [5, 5.41) is 3.54. The number of anilines is 1. The molecule has 0 aliphatic heterocycles. The summed E-state index contributed by atoms with van der Waals surface area (Å²) in [7, 11) is 0. The highest BCUT2D eigenvalue weighted by atomic mass is 19.1. The van der Waals surface area contributed by atoms with Crippen LogP contribution in [0.25, 0.3) is 0 Å². The van der Waals surface area contributed by atoms with Crippen LogP contribution in [0.1, 0.15) is 36.1 Å². The molecule has 3 rings (SSSR count). The fourth-order valence-corrected chi connectivity index (χ4v) is 3.49. The number of nitrogens with one attached hydrogen (secondary N) is 1. The topological polar surface area (TPSA) is 30.5 Å². The van der Waals surface area contributed by atoms with Crippen molar-refractivity contribution in [1.29, 1.82) is 0 Å². The first-order valence-corrected chi connectivity index (χ1v) is 10.7. The van der Waals surface area contributed by atoms with E-state index in [1.54, 1.807) is 12.1 Å². The predicted octanol–water partition coefficient (Wildman–Crippen LogP) is 6.71. The average molecular weight is 420 g/mol. The van der Waals surface area contributed by atoms with Gasteiger partial charge in [-0.1, -0.05) is 43.3 Å². The summed E-state index contributed by atoms with van der Waals surface area (Å²) in [5.74, 6) is 1.17. The van der Waals surface area contributed by atoms with Crippen molar-refractivity contribution in [3.05, 3.63) is 101 Å². The van der Waals surface area contributed by atoms with Gasteiger partial charge in [-0.2, -0.15) is 0 Å². The third-order valence-electron chi connectivity index (χ3n) is 5.03. The SMILES string of the molecule is C=CCc1cc(CNc2ccccc2CC)cc(OCC)c1OCc1ccc(F)cc1. The summed E-state index contributed by atoms with van der Waals surface area (Å²) < 4.78 is 25.2. The van der Waals surface area contributed by atoms with Gasteiger partial charge in [0, 0.05) is 17.8 Å². The van der Waals surface area contributed by atoms with Gasteiger partial charge in [0.05, 0.1) is 6.61 Å². The summed E-state index contributed by atoms with van der Waals surface area (Å²) in [6.45, 7) is 9.56. The van der Waals surface area contributed by atoms with Crippen molar-refractivity contribution in [1.82, 2.24) is 0 Å². The number of halogens is 1. The van der Waals surface area contributed by atoms with E-state index in [-0.39, 0.29) is 5.82 Å². The molecular formula is C27H30FNO2. The summed E-state index contributed by atoms with van der Waals surface area (Å²) >= 11 is 0. The number of aryl methyl sites for hydroxylation is 1. The number of benzene rings is 3. The van der Waals surface area contributed by atoms with Crippen LogP contribution in [0.15, 0.2) is 73.3 Å². The first-order chi connectivity index (χ1) is 15.1. The summed E-state index contributed by atoms with van der Waals surface area (Å²) in [4.78, 5) is 0. The van der Waals surface area contributed by atoms with Crippen molar-refractivity contribution in [2.24, 2.45) is 0 Å². The molecule has 0 bridgehead atoms. The van der Waals surface area contributed by atoms with Gasteiger partial charge in [-0.3, -0.25) is 0 Å². The molecule has 0 aromatic heterocycles. The van der Waals surface area contributed by atoms with Gasteiger partial charge in [-0.05, 0) is 66.8 Å². The van der Waals surface area contributed by atoms with Crippen molar-refractivity contribution >= 4 is 5.69 Å². The van der Waals surface area contributed by atoms with Crippen LogP contribution < -0.4 is 14.8 Å². The molecule has 0 fully saturated rings. The van der Waals surface area contributed by atoms with Crippen LogP contribution in [0.2, 0.25) is 0 Å². The Labute approximate surface area is 184 Å². The van der Waals surface area contributed by atoms with E-state index in [1.165, 1.54) is 17.7 Å². The van der Waals surface area contributed by atoms with Crippen molar-refractivity contribution in [2.45, 2.75) is 39.8 Å². The molecule has 162 valence electrons. The Bertz CT molecular complexity index is 999. The molecule has 0 amide bonds. The number of para-hydroxylation sites is 1. The number of hydrogen-bond donors (Lipinski definition) is 1. The Balaban J connectivity index is 1.84. The lowest BCUT2D eigenvalue weighted by molar-refractivity contribution is 0.267. The van der Waals surface area contributed by atoms with Gasteiger partial charge < -0.3 is 14.8 Å². The van der Waals surface area contributed by atoms with Crippen LogP contribution in [0.4, 0.5) is 10.1 Å². The second-order valence-corrected chi connectivity index (χ2v) is 7.29. The molecule has 3 aromatic rings. The van der Waals surface area contributed by atoms with E-state index in [4.69, 9.17) is 9.47 Å². The van der Waals surface area contributed by atoms with Gasteiger partial charge in [-0.25, -0.2) is 4.39 Å². The van der Waals surface area contributed by atoms with E-state index >= 15 is 0 Å². The van der Waals surface area contributed by atoms with Gasteiger partial charge >= 0.3 is 0 Å². The molecule has 0 saturated carbocycles. The maximum atomic E-state index is 13.2. The molecule has 0 heterocycles. The molecule has 0 saturated heterocycles. The lowest BCUT2D eigenvalue weighted by Gasteiger charge is -2.18. The highest BCUT2D eigenvalue weighted by Gasteiger charge is 2.14. The largest absolute Gasteiger partial charge is 0.490 e. The molecule has 0 unspecified atom stereocenters. The molecule has 31 heavy (non-hydrogen) atoms. The first-order valence-electron chi connectivity index (χ1n) is 10.7. The van der Waals surface area contributed by atoms with E-state index in [1.807, 2.05) is 25.1 Å². The predicted molar refractivity (Wildman–Crippen MR) is 125 cm³/mol. The van der Waals surface area contributed by atoms with Gasteiger partial charge in [0.1, 0.15) is 12.4 Å². The van der Waals surface area contributed by atoms with Crippen LogP contribution in [0, 0.1) is 5.82 Å². The van der Waals surface area contributed by atoms with Crippen molar-refractivity contribution in [3.63, 3.8) is 0 Å². The zero-order valence-corrected chi connectivity index (χ0v) is 18.3. The Morgan fingerprint density at radius 1 is 0.935 bits per heavy atom. The molecule has 0 radical (unpaired) electrons. The van der Waals surface area contributed by atoms with Crippen LogP contribution in [0.3, 0.4) is 0 Å². The number of ether oxygens (including phenoxy) is 2. The normalized spacial score (nSPS) is 10.5. The Morgan fingerprint density at radius 2 is 1.71 bits per heavy atom. The molecule has 1 N–H and O–H groups in total. The molecule has 3 nitrogen and oxygen atoms in total. The second-order valence-electron chi connectivity index (χ2n) is 7.29. The lowest BCUT2D eigenvalue weighted by atomic mass is 10.0. The molecule has 3 aromatic carbocycles. The quantitative estimate of drug-likeness (QED) is 0.351. The number of rotatable bonds is 11. The monoisotopic (exact) mass is 419 g/mol. The Hall–Kier alpha value is -3.27. The van der Waals surface area contributed by atoms with E-state index in [0.29, 0.717) is 37.7 Å². The summed E-state index contributed by atoms with van der Waals surface area (Å²) in [6, 6.07) is 18.8. The van der Waals surface area contributed by atoms with E-state index in [0.717, 1.165) is 28.8 Å². The second kappa shape index (κ2) is 11.2. The van der Waals surface area contributed by atoms with Crippen molar-refractivity contribution in [3.8, 4) is 11.5 Å². The first kappa shape index (κ1) is 22.4. The molecule has 0 aliphatic carbocycles. The van der Waals surface area contributed by atoms with Crippen LogP contribution >= 0.6 is 0 Å². The third kappa shape index (κ3) is 6.11. The van der Waals surface area contributed by atoms with Gasteiger partial charge in [0.2, 0.25) is 0 Å². The maximum Gasteiger partial charge on any atom is 0.165 e. The van der Waals surface area contributed by atoms with E-state index in [2.05, 4.69) is 43.1 Å². The smallest absolute Gasteiger partial charge is 0.165 e. The van der Waals surface area contributed by atoms with E-state index < -0.39 is 0 Å². The minimum Gasteiger partial charge on any atom is -0.490 e. The molecule has 0 spiro atoms. The molecular weight excluding hydrogens is 389 g/mol. The third-order valence-corrected chi connectivity index (χ3v) is 5.03. The minimum atomic E-state index is -0.257. The van der Waals surface area contributed by atoms with Gasteiger partial charge in [0.15, 0.2) is 11.5 Å². The zero-order valence-electron chi connectivity index (χ0n) is 18.3. The van der Waals surface area contributed by atoms with Gasteiger partial charge in [-0.15, -0.1) is 6.58 Å². The molecule has 0 aliphatic rings. The standard InChI is InChI=1S/C27H30FNO2/c1-4-9-23-16-21(18-29-25-11-8-7-10-22(25)5-2)17-26(30-6-3)27(23)31-19-20-12-14-24(28)15-13-20/h4,7-8,10-17,29H,1,5-6,9,18-19H2,2-3H3. The zero-order chi connectivity index (χ0) is 22.1. The maximum absolute atomic E-state index is 13.2.